The third-order valence-electron chi connectivity index (χ3n) is 5.89. The Morgan fingerprint density at radius 3 is 1.74 bits per heavy atom. The summed E-state index contributed by atoms with van der Waals surface area (Å²) in [6, 6.07) is 0. The first-order valence-corrected chi connectivity index (χ1v) is 12.3. The highest BCUT2D eigenvalue weighted by Gasteiger charge is 2.55. The van der Waals surface area contributed by atoms with Crippen LogP contribution in [0.1, 0.15) is 34.6 Å². The molecule has 2 aliphatic heterocycles. The average Bonchev–Trinajstić information content (AvgIpc) is 2.84. The molecule has 0 saturated carbocycles. The highest BCUT2D eigenvalue weighted by atomic mass is 16.8. The number of methoxy groups -OCH3 is 2. The summed E-state index contributed by atoms with van der Waals surface area (Å²) in [7, 11) is 2.70. The number of hydrogen-bond acceptors (Lipinski definition) is 14. The van der Waals surface area contributed by atoms with Gasteiger partial charge < -0.3 is 47.4 Å². The van der Waals surface area contributed by atoms with E-state index in [-0.39, 0.29) is 13.2 Å². The fourth-order valence-electron chi connectivity index (χ4n) is 4.43. The molecule has 2 saturated heterocycles. The van der Waals surface area contributed by atoms with E-state index in [4.69, 9.17) is 47.4 Å². The van der Waals surface area contributed by atoms with Crippen LogP contribution < -0.4 is 0 Å². The van der Waals surface area contributed by atoms with E-state index in [1.54, 1.807) is 6.92 Å². The van der Waals surface area contributed by atoms with Crippen molar-refractivity contribution in [3.8, 4) is 0 Å². The van der Waals surface area contributed by atoms with Crippen LogP contribution in [-0.4, -0.2) is 113 Å². The Kier molecular flexibility index (Phi) is 12.7. The Balaban J connectivity index is 2.46. The van der Waals surface area contributed by atoms with Crippen LogP contribution in [0.25, 0.3) is 0 Å². The minimum atomic E-state index is -1.25. The Bertz CT molecular complexity index is 862. The minimum absolute atomic E-state index is 0.0233. The van der Waals surface area contributed by atoms with Crippen molar-refractivity contribution in [1.29, 1.82) is 0 Å². The highest BCUT2D eigenvalue weighted by molar-refractivity contribution is 5.68. The van der Waals surface area contributed by atoms with Crippen molar-refractivity contribution < 1.29 is 66.5 Å². The molecule has 2 fully saturated rings. The van der Waals surface area contributed by atoms with Gasteiger partial charge in [-0.25, -0.2) is 0 Å². The van der Waals surface area contributed by atoms with Gasteiger partial charge in [0.05, 0.1) is 12.7 Å². The van der Waals surface area contributed by atoms with Gasteiger partial charge in [-0.2, -0.15) is 0 Å². The third kappa shape index (κ3) is 8.95. The lowest BCUT2D eigenvalue weighted by atomic mass is 9.96. The maximum atomic E-state index is 12.1. The second-order valence-corrected chi connectivity index (χ2v) is 8.90. The van der Waals surface area contributed by atoms with E-state index in [1.807, 2.05) is 0 Å². The third-order valence-corrected chi connectivity index (χ3v) is 5.89. The number of ether oxygens (including phenoxy) is 10. The molecule has 2 rings (SSSR count). The van der Waals surface area contributed by atoms with Crippen LogP contribution in [0.4, 0.5) is 0 Å². The molecule has 0 spiro atoms. The van der Waals surface area contributed by atoms with E-state index in [9.17, 15) is 19.2 Å². The minimum Gasteiger partial charge on any atom is -0.463 e. The number of hydrogen-bond donors (Lipinski definition) is 0. The van der Waals surface area contributed by atoms with Crippen LogP contribution in [0.5, 0.6) is 0 Å². The zero-order chi connectivity index (χ0) is 29.3. The zero-order valence-corrected chi connectivity index (χ0v) is 23.2. The molecule has 0 bridgehead atoms. The second-order valence-electron chi connectivity index (χ2n) is 8.90. The van der Waals surface area contributed by atoms with Gasteiger partial charge in [-0.15, -0.1) is 6.58 Å². The summed E-state index contributed by atoms with van der Waals surface area (Å²) in [5.74, 6) is -2.46. The first-order valence-electron chi connectivity index (χ1n) is 12.3. The molecule has 0 radical (unpaired) electrons. The van der Waals surface area contributed by atoms with Crippen LogP contribution >= 0.6 is 0 Å². The van der Waals surface area contributed by atoms with Gasteiger partial charge in [0.15, 0.2) is 37.0 Å². The van der Waals surface area contributed by atoms with Crippen molar-refractivity contribution in [2.24, 2.45) is 0 Å². The average molecular weight is 563 g/mol. The normalized spacial score (nSPS) is 34.4. The topological polar surface area (TPSA) is 161 Å². The van der Waals surface area contributed by atoms with E-state index in [1.165, 1.54) is 48.0 Å². The van der Waals surface area contributed by atoms with Crippen LogP contribution in [0.2, 0.25) is 0 Å². The van der Waals surface area contributed by atoms with E-state index in [2.05, 4.69) is 6.58 Å². The van der Waals surface area contributed by atoms with Gasteiger partial charge in [0.25, 0.3) is 0 Å². The van der Waals surface area contributed by atoms with Gasteiger partial charge in [-0.05, 0) is 6.92 Å². The predicted molar refractivity (Wildman–Crippen MR) is 129 cm³/mol. The molecule has 222 valence electrons. The molecule has 39 heavy (non-hydrogen) atoms. The van der Waals surface area contributed by atoms with Crippen molar-refractivity contribution in [2.75, 3.05) is 27.4 Å². The quantitative estimate of drug-likeness (QED) is 0.183. The number of carbonyl (C=O) groups excluding carboxylic acids is 4. The molecule has 0 unspecified atom stereocenters. The van der Waals surface area contributed by atoms with Crippen LogP contribution in [-0.2, 0) is 66.5 Å². The summed E-state index contributed by atoms with van der Waals surface area (Å²) < 4.78 is 56.8. The molecule has 2 heterocycles. The molecule has 0 aromatic carbocycles. The Morgan fingerprint density at radius 2 is 1.26 bits per heavy atom. The summed E-state index contributed by atoms with van der Waals surface area (Å²) >= 11 is 0. The Labute approximate surface area is 227 Å². The number of carbonyl (C=O) groups is 4. The highest BCUT2D eigenvalue weighted by Crippen LogP contribution is 2.34. The molecule has 0 aliphatic carbocycles. The van der Waals surface area contributed by atoms with E-state index >= 15 is 0 Å². The second kappa shape index (κ2) is 15.2. The summed E-state index contributed by atoms with van der Waals surface area (Å²) in [5, 5.41) is 0. The van der Waals surface area contributed by atoms with Crippen molar-refractivity contribution in [3.05, 3.63) is 12.7 Å². The molecular weight excluding hydrogens is 524 g/mol. The fourth-order valence-corrected chi connectivity index (χ4v) is 4.43. The largest absolute Gasteiger partial charge is 0.463 e. The summed E-state index contributed by atoms with van der Waals surface area (Å²) in [6.45, 7) is 9.89. The molecule has 14 heteroatoms. The molecule has 0 aromatic heterocycles. The maximum absolute atomic E-state index is 12.1. The lowest BCUT2D eigenvalue weighted by molar-refractivity contribution is -0.367. The lowest BCUT2D eigenvalue weighted by Gasteiger charge is -2.48. The molecular formula is C25H38O14. The monoisotopic (exact) mass is 562 g/mol. The van der Waals surface area contributed by atoms with Gasteiger partial charge in [-0.3, -0.25) is 19.2 Å². The van der Waals surface area contributed by atoms with Crippen molar-refractivity contribution in [1.82, 2.24) is 0 Å². The van der Waals surface area contributed by atoms with E-state index < -0.39 is 85.3 Å². The van der Waals surface area contributed by atoms with Gasteiger partial charge in [0.2, 0.25) is 0 Å². The summed E-state index contributed by atoms with van der Waals surface area (Å²) in [4.78, 5) is 47.2. The first-order chi connectivity index (χ1) is 18.4. The van der Waals surface area contributed by atoms with Gasteiger partial charge in [0.1, 0.15) is 24.9 Å². The van der Waals surface area contributed by atoms with Crippen LogP contribution in [0, 0.1) is 0 Å². The van der Waals surface area contributed by atoms with Gasteiger partial charge in [0, 0.05) is 41.9 Å². The summed E-state index contributed by atoms with van der Waals surface area (Å²) in [6.07, 6.45) is -9.13. The standard InChI is InChI=1S/C25H38O14/c1-9-10-32-24-23(21(37-16(6)29)19(30-7)17(38-24)11-33-13(3)26)39-25-22(31-8)20(36-15(5)28)18(12(2)34-25)35-14(4)27/h9,12,17-25H,1,10-11H2,2-8H3/t12-,17+,18+,19-,20+,21-,22-,23+,24+,25-/m0/s1. The fraction of sp³-hybridized carbons (Fsp3) is 0.760. The lowest BCUT2D eigenvalue weighted by Crippen LogP contribution is -2.66. The van der Waals surface area contributed by atoms with E-state index in [0.29, 0.717) is 0 Å². The Hall–Kier alpha value is -2.62. The molecule has 2 aliphatic rings. The number of rotatable bonds is 12. The maximum Gasteiger partial charge on any atom is 0.303 e. The van der Waals surface area contributed by atoms with E-state index in [0.717, 1.165) is 0 Å². The molecule has 14 nitrogen and oxygen atoms in total. The molecule has 0 amide bonds. The first kappa shape index (κ1) is 32.6. The molecule has 0 aromatic rings. The molecule has 10 atom stereocenters. The predicted octanol–water partition coefficient (Wildman–Crippen LogP) is 0.432. The Morgan fingerprint density at radius 1 is 0.718 bits per heavy atom. The summed E-state index contributed by atoms with van der Waals surface area (Å²) in [5.41, 5.74) is 0. The zero-order valence-electron chi connectivity index (χ0n) is 23.2. The van der Waals surface area contributed by atoms with Crippen molar-refractivity contribution in [2.45, 2.75) is 96.0 Å². The van der Waals surface area contributed by atoms with Crippen molar-refractivity contribution in [3.63, 3.8) is 0 Å². The smallest absolute Gasteiger partial charge is 0.303 e. The van der Waals surface area contributed by atoms with Gasteiger partial charge >= 0.3 is 23.9 Å². The van der Waals surface area contributed by atoms with Gasteiger partial charge in [-0.1, -0.05) is 6.08 Å². The number of esters is 4. The SMILES string of the molecule is C=CCO[C@@H]1O[C@H](COC(C)=O)[C@H](OC)[C@H](OC(C)=O)[C@H]1O[C@@H]1O[C@@H](C)[C@@H](OC(C)=O)[C@@H](OC(C)=O)[C@@H]1OC. The van der Waals surface area contributed by atoms with Crippen molar-refractivity contribution >= 4 is 23.9 Å². The molecule has 0 N–H and O–H groups in total. The van der Waals surface area contributed by atoms with Crippen LogP contribution in [0.3, 0.4) is 0 Å². The van der Waals surface area contributed by atoms with Crippen LogP contribution in [0.15, 0.2) is 12.7 Å².